The number of nitrogens with zero attached hydrogens (tertiary/aromatic N) is 1. The highest BCUT2D eigenvalue weighted by Crippen LogP contribution is 2.44. The summed E-state index contributed by atoms with van der Waals surface area (Å²) in [6.07, 6.45) is 4.84. The number of amides is 1. The summed E-state index contributed by atoms with van der Waals surface area (Å²) in [5, 5.41) is 21.9. The third kappa shape index (κ3) is 6.24. The van der Waals surface area contributed by atoms with Crippen LogP contribution < -0.4 is 5.32 Å². The fourth-order valence-electron chi connectivity index (χ4n) is 5.54. The minimum atomic E-state index is -1.26. The summed E-state index contributed by atoms with van der Waals surface area (Å²) >= 11 is 6.42. The molecular formula is C31H30ClFN2O5. The molecule has 208 valence electrons. The number of nitrogens with one attached hydrogen (secondary N) is 1. The minimum Gasteiger partial charge on any atom is -0.478 e. The zero-order chi connectivity index (χ0) is 28.9. The Bertz CT molecular complexity index is 1460. The van der Waals surface area contributed by atoms with Crippen molar-refractivity contribution < 1.29 is 29.0 Å². The van der Waals surface area contributed by atoms with E-state index in [4.69, 9.17) is 21.8 Å². The Hall–Kier alpha value is -4.01. The molecule has 0 radical (unpaired) electrons. The number of benzene rings is 3. The van der Waals surface area contributed by atoms with Crippen LogP contribution in [0.4, 0.5) is 4.39 Å². The molecule has 1 atom stereocenters. The van der Waals surface area contributed by atoms with Crippen LogP contribution in [0, 0.1) is 5.82 Å². The maximum absolute atomic E-state index is 13.8. The standard InChI is InChI=1S/C27H26ClFN2O.C4H4O4/c1-18(24-17-21(28)16-19-4-2-3-5-23(19)24)31-15-10-25(26(31)32)27(11-13-30-14-12-27)20-6-8-22(29)9-7-20;5-3(6)1-2-4(7)8/h2-10,16-18,30H,11-15H2,1H3;1-2H,(H,5,6)(H,7,8)/b;2-1+/t18-;/m0./s1. The van der Waals surface area contributed by atoms with Crippen molar-refractivity contribution in [1.82, 2.24) is 10.2 Å². The van der Waals surface area contributed by atoms with Gasteiger partial charge in [-0.3, -0.25) is 4.79 Å². The van der Waals surface area contributed by atoms with E-state index < -0.39 is 11.9 Å². The van der Waals surface area contributed by atoms with Crippen LogP contribution in [0.2, 0.25) is 5.02 Å². The molecule has 7 nitrogen and oxygen atoms in total. The first-order valence-electron chi connectivity index (χ1n) is 12.9. The lowest BCUT2D eigenvalue weighted by Crippen LogP contribution is -2.44. The van der Waals surface area contributed by atoms with Gasteiger partial charge in [0, 0.05) is 34.7 Å². The van der Waals surface area contributed by atoms with E-state index in [-0.39, 0.29) is 23.2 Å². The van der Waals surface area contributed by atoms with Gasteiger partial charge in [-0.15, -0.1) is 0 Å². The maximum Gasteiger partial charge on any atom is 0.328 e. The Morgan fingerprint density at radius 3 is 2.27 bits per heavy atom. The first-order chi connectivity index (χ1) is 19.1. The van der Waals surface area contributed by atoms with Gasteiger partial charge in [0.1, 0.15) is 5.82 Å². The van der Waals surface area contributed by atoms with Crippen LogP contribution >= 0.6 is 11.6 Å². The summed E-state index contributed by atoms with van der Waals surface area (Å²) < 4.78 is 13.6. The van der Waals surface area contributed by atoms with Gasteiger partial charge < -0.3 is 20.4 Å². The number of aliphatic carboxylic acids is 2. The smallest absolute Gasteiger partial charge is 0.328 e. The van der Waals surface area contributed by atoms with Crippen LogP contribution in [-0.4, -0.2) is 52.6 Å². The van der Waals surface area contributed by atoms with E-state index in [1.165, 1.54) is 12.1 Å². The number of hydrogen-bond acceptors (Lipinski definition) is 4. The van der Waals surface area contributed by atoms with Gasteiger partial charge >= 0.3 is 11.9 Å². The molecule has 0 saturated carbocycles. The molecule has 3 aromatic carbocycles. The van der Waals surface area contributed by atoms with Crippen molar-refractivity contribution in [1.29, 1.82) is 0 Å². The van der Waals surface area contributed by atoms with Gasteiger partial charge in [-0.1, -0.05) is 54.1 Å². The lowest BCUT2D eigenvalue weighted by atomic mass is 9.68. The van der Waals surface area contributed by atoms with E-state index in [1.807, 2.05) is 47.4 Å². The largest absolute Gasteiger partial charge is 0.478 e. The van der Waals surface area contributed by atoms with Gasteiger partial charge in [-0.05, 0) is 79.0 Å². The fourth-order valence-corrected chi connectivity index (χ4v) is 5.78. The number of halogens is 2. The van der Waals surface area contributed by atoms with Gasteiger partial charge in [0.15, 0.2) is 0 Å². The van der Waals surface area contributed by atoms with Crippen molar-refractivity contribution in [3.8, 4) is 0 Å². The van der Waals surface area contributed by atoms with Crippen LogP contribution in [-0.2, 0) is 19.8 Å². The van der Waals surface area contributed by atoms with Gasteiger partial charge in [0.2, 0.25) is 0 Å². The van der Waals surface area contributed by atoms with Crippen molar-refractivity contribution >= 4 is 40.2 Å². The first-order valence-corrected chi connectivity index (χ1v) is 13.3. The third-order valence-electron chi connectivity index (χ3n) is 7.50. The summed E-state index contributed by atoms with van der Waals surface area (Å²) in [4.78, 5) is 34.9. The number of rotatable bonds is 6. The van der Waals surface area contributed by atoms with Crippen molar-refractivity contribution in [2.45, 2.75) is 31.2 Å². The monoisotopic (exact) mass is 564 g/mol. The summed E-state index contributed by atoms with van der Waals surface area (Å²) in [6, 6.07) is 18.6. The average Bonchev–Trinajstić information content (AvgIpc) is 3.33. The Kier molecular flexibility index (Phi) is 9.02. The molecule has 3 aromatic rings. The highest BCUT2D eigenvalue weighted by Gasteiger charge is 2.45. The average molecular weight is 565 g/mol. The molecule has 2 aliphatic heterocycles. The van der Waals surface area contributed by atoms with Gasteiger partial charge in [-0.2, -0.15) is 0 Å². The summed E-state index contributed by atoms with van der Waals surface area (Å²) in [5.41, 5.74) is 2.52. The molecule has 0 aromatic heterocycles. The number of carboxylic acids is 2. The molecule has 1 amide bonds. The number of carbonyl (C=O) groups is 3. The minimum absolute atomic E-state index is 0.0628. The normalized spacial score (nSPS) is 17.3. The van der Waals surface area contributed by atoms with E-state index in [2.05, 4.69) is 24.4 Å². The van der Waals surface area contributed by atoms with Crippen molar-refractivity contribution in [3.63, 3.8) is 0 Å². The van der Waals surface area contributed by atoms with Gasteiger partial charge in [0.05, 0.1) is 6.04 Å². The lowest BCUT2D eigenvalue weighted by molar-refractivity contribution is -0.134. The number of carboxylic acid groups (broad SMARTS) is 2. The molecule has 0 aliphatic carbocycles. The highest BCUT2D eigenvalue weighted by molar-refractivity contribution is 6.31. The molecule has 0 spiro atoms. The van der Waals surface area contributed by atoms with E-state index in [9.17, 15) is 18.8 Å². The molecule has 5 rings (SSSR count). The maximum atomic E-state index is 13.8. The molecule has 0 unspecified atom stereocenters. The van der Waals surface area contributed by atoms with Crippen LogP contribution in [0.3, 0.4) is 0 Å². The van der Waals surface area contributed by atoms with Gasteiger partial charge in [0.25, 0.3) is 5.91 Å². The molecule has 2 heterocycles. The van der Waals surface area contributed by atoms with E-state index in [0.717, 1.165) is 53.4 Å². The van der Waals surface area contributed by atoms with Crippen molar-refractivity contribution in [2.24, 2.45) is 0 Å². The molecule has 0 bridgehead atoms. The molecule has 2 aliphatic rings. The number of hydrogen-bond donors (Lipinski definition) is 3. The van der Waals surface area contributed by atoms with Crippen molar-refractivity contribution in [2.75, 3.05) is 19.6 Å². The van der Waals surface area contributed by atoms with Crippen LogP contribution in [0.5, 0.6) is 0 Å². The van der Waals surface area contributed by atoms with E-state index in [1.54, 1.807) is 0 Å². The summed E-state index contributed by atoms with van der Waals surface area (Å²) in [5.74, 6) is -2.71. The highest BCUT2D eigenvalue weighted by atomic mass is 35.5. The summed E-state index contributed by atoms with van der Waals surface area (Å²) in [6.45, 7) is 4.29. The Morgan fingerprint density at radius 1 is 1.02 bits per heavy atom. The van der Waals surface area contributed by atoms with E-state index in [0.29, 0.717) is 23.7 Å². The first kappa shape index (κ1) is 29.0. The zero-order valence-electron chi connectivity index (χ0n) is 21.9. The molecule has 1 fully saturated rings. The fraction of sp³-hybridized carbons (Fsp3) is 0.258. The van der Waals surface area contributed by atoms with Crippen LogP contribution in [0.25, 0.3) is 10.8 Å². The number of fused-ring (bicyclic) bond motifs is 1. The SMILES string of the molecule is C[C@@H](c1cc(Cl)cc2ccccc12)N1CC=C(C2(c3ccc(F)cc3)CCNCC2)C1=O.O=C(O)/C=C/C(=O)O. The molecule has 3 N–H and O–H groups in total. The molecule has 1 saturated heterocycles. The second kappa shape index (κ2) is 12.4. The second-order valence-electron chi connectivity index (χ2n) is 9.82. The van der Waals surface area contributed by atoms with Crippen molar-refractivity contribution in [3.05, 3.63) is 106 Å². The quantitative estimate of drug-likeness (QED) is 0.342. The molecule has 9 heteroatoms. The van der Waals surface area contributed by atoms with E-state index >= 15 is 0 Å². The second-order valence-corrected chi connectivity index (χ2v) is 10.3. The Labute approximate surface area is 236 Å². The van der Waals surface area contributed by atoms with Crippen LogP contribution in [0.1, 0.15) is 36.9 Å². The Balaban J connectivity index is 0.000000406. The predicted octanol–water partition coefficient (Wildman–Crippen LogP) is 5.50. The molecule has 40 heavy (non-hydrogen) atoms. The zero-order valence-corrected chi connectivity index (χ0v) is 22.7. The van der Waals surface area contributed by atoms with Gasteiger partial charge in [-0.25, -0.2) is 14.0 Å². The number of carbonyl (C=O) groups excluding carboxylic acids is 1. The third-order valence-corrected chi connectivity index (χ3v) is 7.72. The van der Waals surface area contributed by atoms with Crippen LogP contribution in [0.15, 0.2) is 84.5 Å². The molecular weight excluding hydrogens is 535 g/mol. The Morgan fingerprint density at radius 2 is 1.65 bits per heavy atom. The lowest BCUT2D eigenvalue weighted by Gasteiger charge is -2.39. The topological polar surface area (TPSA) is 107 Å². The summed E-state index contributed by atoms with van der Waals surface area (Å²) in [7, 11) is 0. The number of piperidine rings is 1. The predicted molar refractivity (Wildman–Crippen MR) is 152 cm³/mol.